The van der Waals surface area contributed by atoms with Crippen molar-refractivity contribution >= 4 is 22.5 Å². The van der Waals surface area contributed by atoms with Crippen LogP contribution >= 0.6 is 0 Å². The third-order valence-corrected chi connectivity index (χ3v) is 6.39. The molecular formula is C24H29N5O2. The molecule has 7 heteroatoms. The van der Waals surface area contributed by atoms with Gasteiger partial charge < -0.3 is 19.6 Å². The number of rotatable bonds is 5. The largest absolute Gasteiger partial charge is 0.451 e. The van der Waals surface area contributed by atoms with Crippen LogP contribution < -0.4 is 14.5 Å². The minimum atomic E-state index is -0.118. The van der Waals surface area contributed by atoms with Crippen LogP contribution in [0, 0.1) is 5.92 Å². The Bertz CT molecular complexity index is 1020. The number of ether oxygens (including phenoxy) is 1. The summed E-state index contributed by atoms with van der Waals surface area (Å²) >= 11 is 0. The number of benzene rings is 1. The smallest absolute Gasteiger partial charge is 0.259 e. The van der Waals surface area contributed by atoms with Crippen LogP contribution in [0.25, 0.3) is 10.9 Å². The summed E-state index contributed by atoms with van der Waals surface area (Å²) in [5.74, 6) is 2.71. The maximum Gasteiger partial charge on any atom is 0.259 e. The van der Waals surface area contributed by atoms with E-state index in [1.165, 1.54) is 0 Å². The van der Waals surface area contributed by atoms with Gasteiger partial charge in [0.15, 0.2) is 12.0 Å². The van der Waals surface area contributed by atoms with Gasteiger partial charge in [0.05, 0.1) is 5.52 Å². The highest BCUT2D eigenvalue weighted by atomic mass is 16.5. The number of nitrogens with zero attached hydrogens (tertiary/aromatic N) is 5. The van der Waals surface area contributed by atoms with Gasteiger partial charge in [-0.25, -0.2) is 15.0 Å². The molecule has 3 aromatic rings. The van der Waals surface area contributed by atoms with Crippen molar-refractivity contribution < 1.29 is 9.84 Å². The lowest BCUT2D eigenvalue weighted by Gasteiger charge is -2.37. The predicted octanol–water partition coefficient (Wildman–Crippen LogP) is 3.63. The monoisotopic (exact) mass is 419 g/mol. The average molecular weight is 420 g/mol. The van der Waals surface area contributed by atoms with Crippen LogP contribution in [0.1, 0.15) is 32.1 Å². The van der Waals surface area contributed by atoms with Crippen molar-refractivity contribution in [3.05, 3.63) is 48.8 Å². The van der Waals surface area contributed by atoms with Gasteiger partial charge in [0.25, 0.3) is 5.88 Å². The van der Waals surface area contributed by atoms with Crippen molar-refractivity contribution in [3.8, 4) is 5.88 Å². The molecule has 31 heavy (non-hydrogen) atoms. The Kier molecular flexibility index (Phi) is 5.84. The first-order valence-electron chi connectivity index (χ1n) is 11.3. The van der Waals surface area contributed by atoms with E-state index < -0.39 is 0 Å². The van der Waals surface area contributed by atoms with Gasteiger partial charge in [-0.2, -0.15) is 0 Å². The standard InChI is InChI=1S/C24H29N5O2/c30-17-18-10-15-28(16-11-18)23-24(26-13-12-25-23)31-22-7-3-4-14-29(22)21-9-8-19-5-1-2-6-20(19)27-21/h1-2,5-6,8-9,12-13,18,22,30H,3-4,7,10-11,14-17H2. The number of aliphatic hydroxyl groups excluding tert-OH is 1. The fourth-order valence-corrected chi connectivity index (χ4v) is 4.57. The predicted molar refractivity (Wildman–Crippen MR) is 121 cm³/mol. The molecule has 2 fully saturated rings. The van der Waals surface area contributed by atoms with E-state index in [1.54, 1.807) is 12.4 Å². The molecule has 2 aromatic heterocycles. The average Bonchev–Trinajstić information content (AvgIpc) is 2.84. The van der Waals surface area contributed by atoms with Gasteiger partial charge in [-0.3, -0.25) is 0 Å². The molecular weight excluding hydrogens is 390 g/mol. The molecule has 2 aliphatic rings. The molecule has 1 N–H and O–H groups in total. The van der Waals surface area contributed by atoms with Gasteiger partial charge in [0.1, 0.15) is 5.82 Å². The van der Waals surface area contributed by atoms with Crippen LogP contribution in [0.4, 0.5) is 11.6 Å². The molecule has 0 aliphatic carbocycles. The van der Waals surface area contributed by atoms with Crippen molar-refractivity contribution in [2.45, 2.75) is 38.3 Å². The molecule has 0 amide bonds. The lowest BCUT2D eigenvalue weighted by Crippen LogP contribution is -2.44. The van der Waals surface area contributed by atoms with Gasteiger partial charge in [0.2, 0.25) is 0 Å². The van der Waals surface area contributed by atoms with Gasteiger partial charge in [0, 0.05) is 50.4 Å². The van der Waals surface area contributed by atoms with Crippen LogP contribution in [-0.2, 0) is 0 Å². The third-order valence-electron chi connectivity index (χ3n) is 6.39. The minimum absolute atomic E-state index is 0.118. The first-order valence-corrected chi connectivity index (χ1v) is 11.3. The van der Waals surface area contributed by atoms with E-state index in [9.17, 15) is 5.11 Å². The third kappa shape index (κ3) is 4.28. The maximum atomic E-state index is 9.44. The number of piperidine rings is 2. The highest BCUT2D eigenvalue weighted by Crippen LogP contribution is 2.32. The molecule has 0 saturated carbocycles. The zero-order valence-corrected chi connectivity index (χ0v) is 17.7. The number of anilines is 2. The summed E-state index contributed by atoms with van der Waals surface area (Å²) in [7, 11) is 0. The summed E-state index contributed by atoms with van der Waals surface area (Å²) in [5.41, 5.74) is 0.997. The molecule has 1 unspecified atom stereocenters. The second kappa shape index (κ2) is 9.06. The number of aromatic nitrogens is 3. The van der Waals surface area contributed by atoms with Crippen LogP contribution in [0.5, 0.6) is 5.88 Å². The van der Waals surface area contributed by atoms with E-state index in [0.29, 0.717) is 11.8 Å². The van der Waals surface area contributed by atoms with Gasteiger partial charge in [-0.1, -0.05) is 18.2 Å². The van der Waals surface area contributed by atoms with E-state index in [0.717, 1.165) is 74.3 Å². The Morgan fingerprint density at radius 1 is 0.935 bits per heavy atom. The SMILES string of the molecule is OCC1CCN(c2nccnc2OC2CCCCN2c2ccc3ccccc3n2)CC1. The summed E-state index contributed by atoms with van der Waals surface area (Å²) in [6, 6.07) is 12.4. The minimum Gasteiger partial charge on any atom is -0.451 e. The lowest BCUT2D eigenvalue weighted by molar-refractivity contribution is 0.156. The molecule has 4 heterocycles. The van der Waals surface area contributed by atoms with Crippen LogP contribution in [-0.4, -0.2) is 52.5 Å². The normalized spacial score (nSPS) is 20.2. The maximum absolute atomic E-state index is 9.44. The number of fused-ring (bicyclic) bond motifs is 1. The Morgan fingerprint density at radius 3 is 2.65 bits per heavy atom. The molecule has 2 saturated heterocycles. The topological polar surface area (TPSA) is 74.6 Å². The van der Waals surface area contributed by atoms with Crippen LogP contribution in [0.15, 0.2) is 48.8 Å². The number of hydrogen-bond donors (Lipinski definition) is 1. The molecule has 1 aromatic carbocycles. The molecule has 2 aliphatic heterocycles. The van der Waals surface area contributed by atoms with Crippen molar-refractivity contribution in [1.82, 2.24) is 15.0 Å². The summed E-state index contributed by atoms with van der Waals surface area (Å²) in [6.07, 6.45) is 8.39. The zero-order chi connectivity index (χ0) is 21.0. The van der Waals surface area contributed by atoms with Crippen molar-refractivity contribution in [2.75, 3.05) is 36.0 Å². The van der Waals surface area contributed by atoms with Gasteiger partial charge in [-0.15, -0.1) is 0 Å². The van der Waals surface area contributed by atoms with Crippen LogP contribution in [0.2, 0.25) is 0 Å². The molecule has 0 spiro atoms. The van der Waals surface area contributed by atoms with E-state index >= 15 is 0 Å². The van der Waals surface area contributed by atoms with E-state index in [-0.39, 0.29) is 12.8 Å². The Hall–Kier alpha value is -2.93. The molecule has 0 bridgehead atoms. The summed E-state index contributed by atoms with van der Waals surface area (Å²) in [5, 5.41) is 10.6. The number of para-hydroxylation sites is 1. The molecule has 0 radical (unpaired) electrons. The Balaban J connectivity index is 1.38. The summed E-state index contributed by atoms with van der Waals surface area (Å²) in [4.78, 5) is 18.5. The Labute approximate surface area is 182 Å². The van der Waals surface area contributed by atoms with Gasteiger partial charge >= 0.3 is 0 Å². The second-order valence-electron chi connectivity index (χ2n) is 8.42. The summed E-state index contributed by atoms with van der Waals surface area (Å²) < 4.78 is 6.49. The second-order valence-corrected chi connectivity index (χ2v) is 8.42. The van der Waals surface area contributed by atoms with Crippen molar-refractivity contribution in [2.24, 2.45) is 5.92 Å². The number of aliphatic hydroxyl groups is 1. The summed E-state index contributed by atoms with van der Waals surface area (Å²) in [6.45, 7) is 2.89. The van der Waals surface area contributed by atoms with Crippen molar-refractivity contribution in [3.63, 3.8) is 0 Å². The lowest BCUT2D eigenvalue weighted by atomic mass is 9.98. The molecule has 1 atom stereocenters. The zero-order valence-electron chi connectivity index (χ0n) is 17.7. The molecule has 7 nitrogen and oxygen atoms in total. The van der Waals surface area contributed by atoms with E-state index in [2.05, 4.69) is 44.0 Å². The molecule has 162 valence electrons. The number of hydrogen-bond acceptors (Lipinski definition) is 7. The van der Waals surface area contributed by atoms with E-state index in [1.807, 2.05) is 12.1 Å². The van der Waals surface area contributed by atoms with Gasteiger partial charge in [-0.05, 0) is 49.8 Å². The first-order chi connectivity index (χ1) is 15.3. The van der Waals surface area contributed by atoms with E-state index in [4.69, 9.17) is 9.72 Å². The highest BCUT2D eigenvalue weighted by Gasteiger charge is 2.29. The highest BCUT2D eigenvalue weighted by molar-refractivity contribution is 5.80. The Morgan fingerprint density at radius 2 is 1.77 bits per heavy atom. The fourth-order valence-electron chi connectivity index (χ4n) is 4.57. The quantitative estimate of drug-likeness (QED) is 0.677. The fraction of sp³-hybridized carbons (Fsp3) is 0.458. The number of pyridine rings is 1. The van der Waals surface area contributed by atoms with Crippen molar-refractivity contribution in [1.29, 1.82) is 0 Å². The molecule has 5 rings (SSSR count). The first kappa shape index (κ1) is 20.0. The van der Waals surface area contributed by atoms with Crippen LogP contribution in [0.3, 0.4) is 0 Å².